The zero-order valence-corrected chi connectivity index (χ0v) is 13.3. The average molecular weight is 319 g/mol. The summed E-state index contributed by atoms with van der Waals surface area (Å²) < 4.78 is 1.82. The summed E-state index contributed by atoms with van der Waals surface area (Å²) in [5.41, 5.74) is 2.80. The summed E-state index contributed by atoms with van der Waals surface area (Å²) in [5.74, 6) is -0.240. The van der Waals surface area contributed by atoms with Crippen LogP contribution in [0, 0.1) is 0 Å². The van der Waals surface area contributed by atoms with Crippen LogP contribution in [0.2, 0.25) is 0 Å². The van der Waals surface area contributed by atoms with Crippen molar-refractivity contribution in [1.29, 1.82) is 0 Å². The summed E-state index contributed by atoms with van der Waals surface area (Å²) in [6.45, 7) is 2.16. The minimum Gasteiger partial charge on any atom is -0.322 e. The number of carbonyl (C=O) groups is 2. The van der Waals surface area contributed by atoms with Gasteiger partial charge in [0.05, 0.1) is 6.54 Å². The zero-order valence-electron chi connectivity index (χ0n) is 13.3. The highest BCUT2D eigenvalue weighted by molar-refractivity contribution is 6.05. The van der Waals surface area contributed by atoms with Gasteiger partial charge in [-0.15, -0.1) is 0 Å². The maximum Gasteiger partial charge on any atom is 0.255 e. The minimum atomic E-state index is -0.207. The second kappa shape index (κ2) is 6.91. The Morgan fingerprint density at radius 1 is 1.04 bits per heavy atom. The molecule has 0 bridgehead atoms. The molecule has 0 aliphatic rings. The number of anilines is 1. The zero-order chi connectivity index (χ0) is 16.9. The van der Waals surface area contributed by atoms with Crippen molar-refractivity contribution in [2.24, 2.45) is 0 Å². The first-order valence-electron chi connectivity index (χ1n) is 7.60. The lowest BCUT2D eigenvalue weighted by Gasteiger charge is -2.07. The van der Waals surface area contributed by atoms with E-state index < -0.39 is 0 Å². The molecular formula is C19H17N3O2. The van der Waals surface area contributed by atoms with Crippen molar-refractivity contribution < 1.29 is 9.59 Å². The van der Waals surface area contributed by atoms with Crippen LogP contribution < -0.4 is 5.32 Å². The van der Waals surface area contributed by atoms with E-state index in [4.69, 9.17) is 0 Å². The molecule has 5 nitrogen and oxygen atoms in total. The molecule has 120 valence electrons. The van der Waals surface area contributed by atoms with Gasteiger partial charge in [0.1, 0.15) is 0 Å². The largest absolute Gasteiger partial charge is 0.322 e. The van der Waals surface area contributed by atoms with E-state index in [9.17, 15) is 9.59 Å². The molecule has 0 saturated carbocycles. The summed E-state index contributed by atoms with van der Waals surface area (Å²) in [5, 5.41) is 6.97. The molecule has 3 aromatic rings. The van der Waals surface area contributed by atoms with Crippen molar-refractivity contribution in [3.05, 3.63) is 83.7 Å². The highest BCUT2D eigenvalue weighted by Gasteiger charge is 2.07. The predicted molar refractivity (Wildman–Crippen MR) is 92.2 cm³/mol. The Bertz CT molecular complexity index is 853. The van der Waals surface area contributed by atoms with Gasteiger partial charge in [0.25, 0.3) is 5.91 Å². The van der Waals surface area contributed by atoms with Crippen LogP contribution in [0.1, 0.15) is 33.2 Å². The number of nitrogens with one attached hydrogen (secondary N) is 1. The average Bonchev–Trinajstić information content (AvgIpc) is 3.08. The molecule has 3 rings (SSSR count). The summed E-state index contributed by atoms with van der Waals surface area (Å²) in [6.07, 6.45) is 3.62. The molecule has 0 atom stereocenters. The molecule has 0 aliphatic heterocycles. The van der Waals surface area contributed by atoms with Crippen molar-refractivity contribution in [2.75, 3.05) is 5.32 Å². The van der Waals surface area contributed by atoms with Crippen LogP contribution in [0.4, 0.5) is 5.69 Å². The fraction of sp³-hybridized carbons (Fsp3) is 0.105. The maximum atomic E-state index is 12.3. The Hall–Kier alpha value is -3.21. The van der Waals surface area contributed by atoms with Gasteiger partial charge >= 0.3 is 0 Å². The van der Waals surface area contributed by atoms with Gasteiger partial charge in [0.2, 0.25) is 0 Å². The molecule has 0 spiro atoms. The van der Waals surface area contributed by atoms with Gasteiger partial charge in [-0.3, -0.25) is 14.3 Å². The standard InChI is InChI=1S/C19H17N3O2/c1-14(23)17-4-2-5-18(12-17)21-19(24)16-8-6-15(7-9-16)13-22-11-3-10-20-22/h2-12H,13H2,1H3,(H,21,24). The first kappa shape index (κ1) is 15.7. The van der Waals surface area contributed by atoms with Gasteiger partial charge in [0, 0.05) is 29.2 Å². The van der Waals surface area contributed by atoms with Crippen LogP contribution in [-0.4, -0.2) is 21.5 Å². The fourth-order valence-corrected chi connectivity index (χ4v) is 2.36. The van der Waals surface area contributed by atoms with Gasteiger partial charge in [0.15, 0.2) is 5.78 Å². The van der Waals surface area contributed by atoms with Crippen molar-refractivity contribution in [3.8, 4) is 0 Å². The topological polar surface area (TPSA) is 64.0 Å². The van der Waals surface area contributed by atoms with Gasteiger partial charge in [-0.2, -0.15) is 5.10 Å². The van der Waals surface area contributed by atoms with Gasteiger partial charge < -0.3 is 5.32 Å². The summed E-state index contributed by atoms with van der Waals surface area (Å²) in [4.78, 5) is 23.7. The van der Waals surface area contributed by atoms with Crippen molar-refractivity contribution >= 4 is 17.4 Å². The van der Waals surface area contributed by atoms with E-state index in [-0.39, 0.29) is 11.7 Å². The molecule has 0 aliphatic carbocycles. The normalized spacial score (nSPS) is 10.4. The SMILES string of the molecule is CC(=O)c1cccc(NC(=O)c2ccc(Cn3cccn3)cc2)c1. The highest BCUT2D eigenvalue weighted by Crippen LogP contribution is 2.13. The molecule has 0 radical (unpaired) electrons. The van der Waals surface area contributed by atoms with E-state index in [2.05, 4.69) is 10.4 Å². The Labute approximate surface area is 139 Å². The van der Waals surface area contributed by atoms with Gasteiger partial charge in [-0.1, -0.05) is 24.3 Å². The van der Waals surface area contributed by atoms with Gasteiger partial charge in [-0.25, -0.2) is 0 Å². The minimum absolute atomic E-state index is 0.0333. The van der Waals surface area contributed by atoms with E-state index in [1.165, 1.54) is 6.92 Å². The number of carbonyl (C=O) groups excluding carboxylic acids is 2. The van der Waals surface area contributed by atoms with Crippen LogP contribution >= 0.6 is 0 Å². The molecular weight excluding hydrogens is 302 g/mol. The number of ketones is 1. The molecule has 24 heavy (non-hydrogen) atoms. The predicted octanol–water partition coefficient (Wildman–Crippen LogP) is 3.39. The lowest BCUT2D eigenvalue weighted by atomic mass is 10.1. The molecule has 2 aromatic carbocycles. The lowest BCUT2D eigenvalue weighted by molar-refractivity contribution is 0.101. The van der Waals surface area contributed by atoms with Crippen molar-refractivity contribution in [3.63, 3.8) is 0 Å². The quantitative estimate of drug-likeness (QED) is 0.733. The van der Waals surface area contributed by atoms with Crippen LogP contribution in [-0.2, 0) is 6.54 Å². The number of amides is 1. The van der Waals surface area contributed by atoms with Crippen LogP contribution in [0.25, 0.3) is 0 Å². The summed E-state index contributed by atoms with van der Waals surface area (Å²) in [7, 11) is 0. The third-order valence-electron chi connectivity index (χ3n) is 3.65. The molecule has 0 fully saturated rings. The van der Waals surface area contributed by atoms with Crippen molar-refractivity contribution in [1.82, 2.24) is 9.78 Å². The van der Waals surface area contributed by atoms with Crippen LogP contribution in [0.3, 0.4) is 0 Å². The van der Waals surface area contributed by atoms with Gasteiger partial charge in [-0.05, 0) is 42.8 Å². The number of rotatable bonds is 5. The third-order valence-corrected chi connectivity index (χ3v) is 3.65. The van der Waals surface area contributed by atoms with E-state index in [1.807, 2.05) is 29.1 Å². The van der Waals surface area contributed by atoms with E-state index in [0.29, 0.717) is 23.4 Å². The molecule has 1 aromatic heterocycles. The number of hydrogen-bond acceptors (Lipinski definition) is 3. The second-order valence-corrected chi connectivity index (χ2v) is 5.49. The second-order valence-electron chi connectivity index (χ2n) is 5.49. The lowest BCUT2D eigenvalue weighted by Crippen LogP contribution is -2.12. The fourth-order valence-electron chi connectivity index (χ4n) is 2.36. The Kier molecular flexibility index (Phi) is 4.52. The number of hydrogen-bond donors (Lipinski definition) is 1. The molecule has 0 saturated heterocycles. The monoisotopic (exact) mass is 319 g/mol. The molecule has 5 heteroatoms. The van der Waals surface area contributed by atoms with E-state index in [1.54, 1.807) is 42.6 Å². The smallest absolute Gasteiger partial charge is 0.255 e. The first-order chi connectivity index (χ1) is 11.6. The molecule has 1 N–H and O–H groups in total. The Morgan fingerprint density at radius 3 is 2.50 bits per heavy atom. The highest BCUT2D eigenvalue weighted by atomic mass is 16.1. The first-order valence-corrected chi connectivity index (χ1v) is 7.60. The van der Waals surface area contributed by atoms with Crippen LogP contribution in [0.5, 0.6) is 0 Å². The number of Topliss-reactive ketones (excluding diaryl/α,β-unsaturated/α-hetero) is 1. The number of benzene rings is 2. The van der Waals surface area contributed by atoms with E-state index >= 15 is 0 Å². The third kappa shape index (κ3) is 3.76. The number of nitrogens with zero attached hydrogens (tertiary/aromatic N) is 2. The molecule has 0 unspecified atom stereocenters. The number of aromatic nitrogens is 2. The molecule has 1 heterocycles. The maximum absolute atomic E-state index is 12.3. The van der Waals surface area contributed by atoms with Crippen molar-refractivity contribution in [2.45, 2.75) is 13.5 Å². The van der Waals surface area contributed by atoms with E-state index in [0.717, 1.165) is 5.56 Å². The Morgan fingerprint density at radius 2 is 1.83 bits per heavy atom. The molecule has 1 amide bonds. The van der Waals surface area contributed by atoms with Crippen LogP contribution in [0.15, 0.2) is 67.0 Å². The Balaban J connectivity index is 1.69. The summed E-state index contributed by atoms with van der Waals surface area (Å²) >= 11 is 0. The summed E-state index contributed by atoms with van der Waals surface area (Å²) in [6, 6.07) is 16.2.